The highest BCUT2D eigenvalue weighted by atomic mass is 16.6. The summed E-state index contributed by atoms with van der Waals surface area (Å²) in [6.45, 7) is 13.1. The normalized spacial score (nSPS) is 50.8. The maximum Gasteiger partial charge on any atom is 0.309 e. The molecule has 4 bridgehead atoms. The third kappa shape index (κ3) is 5.45. The van der Waals surface area contributed by atoms with Crippen molar-refractivity contribution < 1.29 is 29.6 Å². The number of rotatable bonds is 10. The van der Waals surface area contributed by atoms with E-state index in [2.05, 4.69) is 70.7 Å². The van der Waals surface area contributed by atoms with Crippen LogP contribution in [0.5, 0.6) is 0 Å². The molecule has 336 valence electrons. The minimum atomic E-state index is -1.21. The molecule has 1 aromatic carbocycles. The zero-order valence-corrected chi connectivity index (χ0v) is 38.9. The molecule has 1 heterocycles. The Bertz CT molecular complexity index is 1930. The largest absolute Gasteiger partial charge is 0.481 e. The quantitative estimate of drug-likeness (QED) is 0.203. The highest BCUT2D eigenvalue weighted by molar-refractivity contribution is 5.74. The van der Waals surface area contributed by atoms with Crippen LogP contribution < -0.4 is 0 Å². The molecule has 8 fully saturated rings. The van der Waals surface area contributed by atoms with E-state index in [0.717, 1.165) is 89.4 Å². The first-order valence-electron chi connectivity index (χ1n) is 25.4. The van der Waals surface area contributed by atoms with Gasteiger partial charge in [0.1, 0.15) is 0 Å². The van der Waals surface area contributed by atoms with Crippen molar-refractivity contribution in [1.29, 1.82) is 0 Å². The van der Waals surface area contributed by atoms with Crippen LogP contribution in [0.2, 0.25) is 0 Å². The van der Waals surface area contributed by atoms with Gasteiger partial charge in [0.15, 0.2) is 5.79 Å². The van der Waals surface area contributed by atoms with Gasteiger partial charge >= 0.3 is 5.97 Å². The third-order valence-corrected chi connectivity index (χ3v) is 23.1. The van der Waals surface area contributed by atoms with Gasteiger partial charge in [-0.2, -0.15) is 0 Å². The lowest BCUT2D eigenvalue weighted by atomic mass is 9.18. The standard InChI is InChI=1S/C55H80O6/c1-37-53-30-29-52-23-9-12-39(14-13-38-10-7-8-11-38)21-24-51(44-35-48(3,46(57)58)26-25-47(44,2)27-28-49(51,52)4)33-42-19-20-43(54(53,36-56)50(42,52)5)34-55(37,59)61-45(53)32-41-17-15-40(16-18-41)22-31-60-6/h15-18,37-39,42-45,56,59H,7-8,10-14,19-22,24-36H2,1-6H3,(H,57,58)/t37-,39+,42+,43-,44+,45-,47-,48+,49-,50+,51+,52+,53+,54-,55-/m0/s1. The topological polar surface area (TPSA) is 96.2 Å². The van der Waals surface area contributed by atoms with Crippen LogP contribution in [-0.4, -0.2) is 53.5 Å². The summed E-state index contributed by atoms with van der Waals surface area (Å²) in [5.41, 5.74) is 0.179. The van der Waals surface area contributed by atoms with Gasteiger partial charge in [0.05, 0.1) is 24.7 Å². The molecule has 3 N–H and O–H groups in total. The molecule has 6 heteroatoms. The Morgan fingerprint density at radius 2 is 1.54 bits per heavy atom. The second kappa shape index (κ2) is 14.5. The number of aliphatic carboxylic acids is 1. The summed E-state index contributed by atoms with van der Waals surface area (Å²) < 4.78 is 12.6. The van der Waals surface area contributed by atoms with Crippen molar-refractivity contribution in [2.45, 2.75) is 188 Å². The molecule has 1 aromatic rings. The number of carboxylic acid groups (broad SMARTS) is 1. The maximum atomic E-state index is 13.3. The first kappa shape index (κ1) is 43.0. The number of carbonyl (C=O) groups is 1. The van der Waals surface area contributed by atoms with E-state index in [4.69, 9.17) is 9.47 Å². The fourth-order valence-corrected chi connectivity index (χ4v) is 19.6. The molecule has 0 unspecified atom stereocenters. The summed E-state index contributed by atoms with van der Waals surface area (Å²) >= 11 is 0. The van der Waals surface area contributed by atoms with Crippen LogP contribution in [0.1, 0.15) is 174 Å². The predicted molar refractivity (Wildman–Crippen MR) is 239 cm³/mol. The molecular weight excluding hydrogens is 757 g/mol. The van der Waals surface area contributed by atoms with Crippen LogP contribution in [0.25, 0.3) is 0 Å². The third-order valence-electron chi connectivity index (χ3n) is 23.1. The van der Waals surface area contributed by atoms with Gasteiger partial charge in [-0.3, -0.25) is 4.79 Å². The smallest absolute Gasteiger partial charge is 0.309 e. The summed E-state index contributed by atoms with van der Waals surface area (Å²) in [4.78, 5) is 13.3. The van der Waals surface area contributed by atoms with Gasteiger partial charge in [0, 0.05) is 42.1 Å². The minimum Gasteiger partial charge on any atom is -0.481 e. The monoisotopic (exact) mass is 837 g/mol. The summed E-state index contributed by atoms with van der Waals surface area (Å²) in [5, 5.41) is 36.5. The lowest BCUT2D eigenvalue weighted by Crippen LogP contribution is -2.82. The Kier molecular flexibility index (Phi) is 10.3. The summed E-state index contributed by atoms with van der Waals surface area (Å²) in [6, 6.07) is 8.99. The molecule has 10 rings (SSSR count). The maximum absolute atomic E-state index is 13.3. The van der Waals surface area contributed by atoms with Gasteiger partial charge in [-0.05, 0) is 166 Å². The molecule has 8 aliphatic carbocycles. The van der Waals surface area contributed by atoms with Crippen molar-refractivity contribution in [2.24, 2.45) is 78.8 Å². The number of carboxylic acids is 1. The SMILES string of the molecule is COCCc1ccc(C[C@@H]2O[C@@]3(O)C[C@@H]4CC[C@@H]5C[C@@]67CC[C@@H](CCC8CCCC8)CC#C[C@@]8(CC[C@]2([C@@H]3C)[C@]4(CO)[C@]58C)[C@@]6(C)CC[C@]2(C)CC[C@@](C)(C(=O)O)C[C@H]27)cc1. The second-order valence-corrected chi connectivity index (χ2v) is 24.5. The molecule has 15 atom stereocenters. The first-order chi connectivity index (χ1) is 29.1. The number of methoxy groups -OCH3 is 1. The van der Waals surface area contributed by atoms with Crippen molar-refractivity contribution in [3.63, 3.8) is 0 Å². The van der Waals surface area contributed by atoms with E-state index in [9.17, 15) is 20.1 Å². The molecule has 0 radical (unpaired) electrons. The zero-order valence-electron chi connectivity index (χ0n) is 38.9. The van der Waals surface area contributed by atoms with Crippen LogP contribution in [0.15, 0.2) is 24.3 Å². The number of ether oxygens (including phenoxy) is 2. The Labute approximate surface area is 368 Å². The van der Waals surface area contributed by atoms with Crippen LogP contribution in [0.3, 0.4) is 0 Å². The van der Waals surface area contributed by atoms with Crippen molar-refractivity contribution in [3.05, 3.63) is 35.4 Å². The molecule has 61 heavy (non-hydrogen) atoms. The molecule has 1 saturated heterocycles. The molecule has 0 amide bonds. The number of aliphatic hydroxyl groups excluding tert-OH is 1. The zero-order chi connectivity index (χ0) is 42.9. The number of hydrogen-bond acceptors (Lipinski definition) is 5. The van der Waals surface area contributed by atoms with E-state index in [-0.39, 0.29) is 51.6 Å². The molecule has 9 aliphatic rings. The molecule has 1 aliphatic heterocycles. The number of fused-ring (bicyclic) bond motifs is 2. The highest BCUT2D eigenvalue weighted by Gasteiger charge is 2.89. The van der Waals surface area contributed by atoms with E-state index < -0.39 is 28.0 Å². The lowest BCUT2D eigenvalue weighted by molar-refractivity contribution is -0.378. The second-order valence-electron chi connectivity index (χ2n) is 24.5. The van der Waals surface area contributed by atoms with Gasteiger partial charge in [-0.15, -0.1) is 5.92 Å². The molecule has 2 spiro atoms. The van der Waals surface area contributed by atoms with Crippen LogP contribution in [-0.2, 0) is 27.1 Å². The number of aliphatic hydroxyl groups is 2. The predicted octanol–water partition coefficient (Wildman–Crippen LogP) is 11.2. The van der Waals surface area contributed by atoms with Crippen molar-refractivity contribution in [1.82, 2.24) is 0 Å². The van der Waals surface area contributed by atoms with Crippen LogP contribution >= 0.6 is 0 Å². The van der Waals surface area contributed by atoms with E-state index in [1.165, 1.54) is 62.5 Å². The van der Waals surface area contributed by atoms with E-state index in [1.807, 2.05) is 0 Å². The first-order valence-corrected chi connectivity index (χ1v) is 25.4. The van der Waals surface area contributed by atoms with Gasteiger partial charge in [0.25, 0.3) is 0 Å². The Morgan fingerprint density at radius 3 is 2.26 bits per heavy atom. The van der Waals surface area contributed by atoms with Gasteiger partial charge in [0.2, 0.25) is 0 Å². The highest BCUT2D eigenvalue weighted by Crippen LogP contribution is 2.91. The van der Waals surface area contributed by atoms with E-state index in [1.54, 1.807) is 7.11 Å². The van der Waals surface area contributed by atoms with Gasteiger partial charge in [-0.1, -0.05) is 90.0 Å². The lowest BCUT2D eigenvalue weighted by Gasteiger charge is -2.85. The van der Waals surface area contributed by atoms with Crippen LogP contribution in [0, 0.1) is 90.7 Å². The molecule has 0 aromatic heterocycles. The Morgan fingerprint density at radius 1 is 0.836 bits per heavy atom. The van der Waals surface area contributed by atoms with Crippen LogP contribution in [0.4, 0.5) is 0 Å². The molecule has 7 saturated carbocycles. The summed E-state index contributed by atoms with van der Waals surface area (Å²) in [5.74, 6) is 8.88. The molecular formula is C55H80O6. The fourth-order valence-electron chi connectivity index (χ4n) is 19.6. The summed E-state index contributed by atoms with van der Waals surface area (Å²) in [7, 11) is 1.76. The van der Waals surface area contributed by atoms with E-state index in [0.29, 0.717) is 30.8 Å². The minimum absolute atomic E-state index is 0.0307. The van der Waals surface area contributed by atoms with Gasteiger partial charge < -0.3 is 24.8 Å². The average molecular weight is 837 g/mol. The number of benzene rings is 1. The fraction of sp³-hybridized carbons (Fsp3) is 0.836. The number of hydrogen-bond donors (Lipinski definition) is 3. The van der Waals surface area contributed by atoms with Crippen molar-refractivity contribution in [3.8, 4) is 11.8 Å². The van der Waals surface area contributed by atoms with E-state index >= 15 is 0 Å². The van der Waals surface area contributed by atoms with Gasteiger partial charge in [-0.25, -0.2) is 0 Å². The summed E-state index contributed by atoms with van der Waals surface area (Å²) in [6.07, 6.45) is 23.3. The molecule has 6 nitrogen and oxygen atoms in total. The van der Waals surface area contributed by atoms with Crippen molar-refractivity contribution in [2.75, 3.05) is 20.3 Å². The van der Waals surface area contributed by atoms with Crippen molar-refractivity contribution >= 4 is 5.97 Å². The average Bonchev–Trinajstić information content (AvgIpc) is 3.81. The Balaban J connectivity index is 1.14. The Hall–Kier alpha value is -1.91.